The normalized spacial score (nSPS) is 15.7. The van der Waals surface area contributed by atoms with Gasteiger partial charge in [0.1, 0.15) is 13.2 Å². The second-order valence-electron chi connectivity index (χ2n) is 7.25. The molecule has 0 spiro atoms. The van der Waals surface area contributed by atoms with Crippen LogP contribution >= 0.6 is 23.5 Å². The summed E-state index contributed by atoms with van der Waals surface area (Å²) < 4.78 is 10.00. The largest absolute Gasteiger partial charge is 0.462 e. The summed E-state index contributed by atoms with van der Waals surface area (Å²) in [7, 11) is 0. The Labute approximate surface area is 206 Å². The molecule has 0 aromatic carbocycles. The van der Waals surface area contributed by atoms with Crippen molar-refractivity contribution in [1.82, 2.24) is 9.80 Å². The zero-order valence-electron chi connectivity index (χ0n) is 19.2. The summed E-state index contributed by atoms with van der Waals surface area (Å²) in [6, 6.07) is 0. The molecule has 2 heterocycles. The van der Waals surface area contributed by atoms with Gasteiger partial charge in [-0.2, -0.15) is 0 Å². The number of carbonyl (C=O) groups excluding carboxylic acids is 6. The van der Waals surface area contributed by atoms with Crippen LogP contribution in [0.15, 0.2) is 22.0 Å². The molecular formula is C22H28N2O8S2. The van der Waals surface area contributed by atoms with Crippen LogP contribution in [0.2, 0.25) is 0 Å². The minimum atomic E-state index is -0.505. The van der Waals surface area contributed by atoms with Crippen LogP contribution in [0.25, 0.3) is 0 Å². The van der Waals surface area contributed by atoms with Crippen LogP contribution in [0.5, 0.6) is 0 Å². The van der Waals surface area contributed by atoms with Crippen molar-refractivity contribution < 1.29 is 38.2 Å². The van der Waals surface area contributed by atoms with Crippen LogP contribution in [0.1, 0.15) is 39.5 Å². The molecule has 2 aliphatic rings. The van der Waals surface area contributed by atoms with E-state index in [0.29, 0.717) is 35.7 Å². The van der Waals surface area contributed by atoms with Gasteiger partial charge in [0.25, 0.3) is 23.6 Å². The first kappa shape index (κ1) is 27.6. The number of hydrogen-bond acceptors (Lipinski definition) is 10. The predicted molar refractivity (Wildman–Crippen MR) is 126 cm³/mol. The topological polar surface area (TPSA) is 127 Å². The van der Waals surface area contributed by atoms with E-state index in [-0.39, 0.29) is 61.2 Å². The Hall–Kier alpha value is -2.60. The van der Waals surface area contributed by atoms with E-state index in [9.17, 15) is 28.8 Å². The van der Waals surface area contributed by atoms with Crippen molar-refractivity contribution in [3.8, 4) is 0 Å². The summed E-state index contributed by atoms with van der Waals surface area (Å²) in [5.41, 5.74) is 0. The highest BCUT2D eigenvalue weighted by atomic mass is 32.2. The molecule has 2 aliphatic heterocycles. The Kier molecular flexibility index (Phi) is 11.3. The second-order valence-corrected chi connectivity index (χ2v) is 9.52. The monoisotopic (exact) mass is 512 g/mol. The lowest BCUT2D eigenvalue weighted by Gasteiger charge is -2.12. The number of ether oxygens (including phenoxy) is 2. The van der Waals surface area contributed by atoms with E-state index in [1.54, 1.807) is 0 Å². The lowest BCUT2D eigenvalue weighted by Crippen LogP contribution is -2.31. The number of esters is 2. The van der Waals surface area contributed by atoms with E-state index in [4.69, 9.17) is 9.47 Å². The van der Waals surface area contributed by atoms with E-state index in [1.807, 2.05) is 13.8 Å². The first-order valence-electron chi connectivity index (χ1n) is 11.0. The van der Waals surface area contributed by atoms with Gasteiger partial charge in [-0.25, -0.2) is 0 Å². The van der Waals surface area contributed by atoms with Crippen molar-refractivity contribution in [3.63, 3.8) is 0 Å². The molecule has 34 heavy (non-hydrogen) atoms. The molecule has 10 nitrogen and oxygen atoms in total. The number of thioether (sulfide) groups is 2. The number of rotatable bonds is 15. The van der Waals surface area contributed by atoms with E-state index in [1.165, 1.54) is 22.0 Å². The number of imide groups is 2. The molecule has 0 aliphatic carbocycles. The van der Waals surface area contributed by atoms with Gasteiger partial charge in [-0.15, -0.1) is 23.5 Å². The summed E-state index contributed by atoms with van der Waals surface area (Å²) in [6.07, 6.45) is 4.00. The Morgan fingerprint density at radius 2 is 1.12 bits per heavy atom. The van der Waals surface area contributed by atoms with Crippen molar-refractivity contribution in [1.29, 1.82) is 0 Å². The minimum absolute atomic E-state index is 0.0404. The predicted octanol–water partition coefficient (Wildman–Crippen LogP) is 1.64. The minimum Gasteiger partial charge on any atom is -0.462 e. The Balaban J connectivity index is 1.54. The van der Waals surface area contributed by atoms with Gasteiger partial charge in [0, 0.05) is 36.7 Å². The van der Waals surface area contributed by atoms with Crippen LogP contribution < -0.4 is 0 Å². The average Bonchev–Trinajstić information content (AvgIpc) is 3.21. The zero-order chi connectivity index (χ0) is 25.1. The van der Waals surface area contributed by atoms with Gasteiger partial charge in [0.15, 0.2) is 0 Å². The molecule has 12 heteroatoms. The molecule has 0 fully saturated rings. The third-order valence-electron chi connectivity index (χ3n) is 4.58. The maximum atomic E-state index is 12.1. The molecule has 0 N–H and O–H groups in total. The van der Waals surface area contributed by atoms with Crippen molar-refractivity contribution in [3.05, 3.63) is 22.0 Å². The highest BCUT2D eigenvalue weighted by molar-refractivity contribution is 8.04. The summed E-state index contributed by atoms with van der Waals surface area (Å²) in [6.45, 7) is 4.28. The van der Waals surface area contributed by atoms with Gasteiger partial charge in [-0.1, -0.05) is 13.8 Å². The average molecular weight is 513 g/mol. The van der Waals surface area contributed by atoms with Gasteiger partial charge in [-0.05, 0) is 12.8 Å². The Morgan fingerprint density at radius 1 is 0.735 bits per heavy atom. The zero-order valence-corrected chi connectivity index (χ0v) is 20.8. The van der Waals surface area contributed by atoms with Crippen LogP contribution in [0.4, 0.5) is 0 Å². The summed E-state index contributed by atoms with van der Waals surface area (Å²) in [5.74, 6) is -1.79. The number of amides is 4. The molecule has 2 rings (SSSR count). The maximum Gasteiger partial charge on any atom is 0.306 e. The van der Waals surface area contributed by atoms with Crippen molar-refractivity contribution >= 4 is 59.1 Å². The molecule has 0 radical (unpaired) electrons. The van der Waals surface area contributed by atoms with Gasteiger partial charge >= 0.3 is 11.9 Å². The van der Waals surface area contributed by atoms with Gasteiger partial charge in [0.2, 0.25) is 0 Å². The number of nitrogens with zero attached hydrogens (tertiary/aromatic N) is 2. The molecule has 186 valence electrons. The number of hydrogen-bond donors (Lipinski definition) is 0. The van der Waals surface area contributed by atoms with E-state index in [2.05, 4.69) is 0 Å². The molecule has 0 saturated heterocycles. The fourth-order valence-electron chi connectivity index (χ4n) is 2.99. The summed E-state index contributed by atoms with van der Waals surface area (Å²) >= 11 is 2.26. The molecule has 0 bridgehead atoms. The summed E-state index contributed by atoms with van der Waals surface area (Å²) in [4.78, 5) is 74.3. The summed E-state index contributed by atoms with van der Waals surface area (Å²) in [5, 5.41) is 0. The van der Waals surface area contributed by atoms with E-state index >= 15 is 0 Å². The SMILES string of the molecule is CCCN1C(=O)C=C(SCCC(=O)OCCOC(=O)CCSC2=CC(=O)N(CCC)C2=O)C1=O. The fraction of sp³-hybridized carbons (Fsp3) is 0.545. The fourth-order valence-corrected chi connectivity index (χ4v) is 4.80. The molecule has 0 saturated carbocycles. The van der Waals surface area contributed by atoms with Gasteiger partial charge < -0.3 is 9.47 Å². The Morgan fingerprint density at radius 3 is 1.47 bits per heavy atom. The first-order valence-corrected chi connectivity index (χ1v) is 13.0. The van der Waals surface area contributed by atoms with Crippen LogP contribution in [-0.2, 0) is 38.2 Å². The van der Waals surface area contributed by atoms with Crippen LogP contribution in [-0.4, -0.2) is 83.2 Å². The van der Waals surface area contributed by atoms with Gasteiger partial charge in [0.05, 0.1) is 22.7 Å². The molecule has 4 amide bonds. The molecule has 0 aromatic rings. The molecule has 0 atom stereocenters. The Bertz CT molecular complexity index is 827. The number of carbonyl (C=O) groups is 6. The van der Waals surface area contributed by atoms with Crippen LogP contribution in [0.3, 0.4) is 0 Å². The highest BCUT2D eigenvalue weighted by Crippen LogP contribution is 2.26. The van der Waals surface area contributed by atoms with Crippen LogP contribution in [0, 0.1) is 0 Å². The lowest BCUT2D eigenvalue weighted by molar-refractivity contribution is -0.151. The second kappa shape index (κ2) is 14.0. The quantitative estimate of drug-likeness (QED) is 0.181. The maximum absolute atomic E-state index is 12.1. The van der Waals surface area contributed by atoms with Crippen molar-refractivity contribution in [2.45, 2.75) is 39.5 Å². The molecular weight excluding hydrogens is 484 g/mol. The highest BCUT2D eigenvalue weighted by Gasteiger charge is 2.31. The third kappa shape index (κ3) is 8.01. The van der Waals surface area contributed by atoms with E-state index < -0.39 is 11.9 Å². The third-order valence-corrected chi connectivity index (χ3v) is 6.61. The first-order chi connectivity index (χ1) is 16.3. The standard InChI is InChI=1S/C22H28N2O8S2/c1-3-7-23-17(25)13-15(21(23)29)33-11-5-19(27)31-9-10-32-20(28)6-12-34-16-14-18(26)24(8-4-2)22(16)30/h13-14H,3-12H2,1-2H3. The van der Waals surface area contributed by atoms with Gasteiger partial charge in [-0.3, -0.25) is 38.6 Å². The van der Waals surface area contributed by atoms with Crippen molar-refractivity contribution in [2.75, 3.05) is 37.8 Å². The van der Waals surface area contributed by atoms with Crippen molar-refractivity contribution in [2.24, 2.45) is 0 Å². The van der Waals surface area contributed by atoms with E-state index in [0.717, 1.165) is 23.5 Å². The molecule has 0 aromatic heterocycles. The molecule has 0 unspecified atom stereocenters. The smallest absolute Gasteiger partial charge is 0.306 e. The lowest BCUT2D eigenvalue weighted by atomic mass is 10.4.